The molecule has 1 aliphatic rings. The Morgan fingerprint density at radius 3 is 2.44 bits per heavy atom. The van der Waals surface area contributed by atoms with Gasteiger partial charge in [-0.25, -0.2) is 18.2 Å². The second kappa shape index (κ2) is 10.2. The van der Waals surface area contributed by atoms with Crippen LogP contribution < -0.4 is 14.4 Å². The maximum absolute atomic E-state index is 13.5. The minimum atomic E-state index is -3.92. The van der Waals surface area contributed by atoms with Crippen molar-refractivity contribution in [3.05, 3.63) is 47.1 Å². The largest absolute Gasteiger partial charge is 0.493 e. The molecule has 0 spiro atoms. The Morgan fingerprint density at radius 2 is 1.84 bits per heavy atom. The van der Waals surface area contributed by atoms with E-state index < -0.39 is 16.0 Å². The monoisotopic (exact) mass is 481 g/mol. The highest BCUT2D eigenvalue weighted by Gasteiger charge is 2.33. The summed E-state index contributed by atoms with van der Waals surface area (Å²) in [7, 11) is 0.128. The van der Waals surface area contributed by atoms with Gasteiger partial charge in [0.15, 0.2) is 11.5 Å². The van der Waals surface area contributed by atoms with Crippen molar-refractivity contribution in [3.8, 4) is 11.5 Å². The molecule has 0 radical (unpaired) electrons. The minimum Gasteiger partial charge on any atom is -0.493 e. The number of hydrogen-bond acceptors (Lipinski definition) is 8. The van der Waals surface area contributed by atoms with Crippen LogP contribution in [0.4, 0.5) is 5.82 Å². The lowest BCUT2D eigenvalue weighted by Gasteiger charge is -2.35. The number of rotatable bonds is 7. The Kier molecular flexibility index (Phi) is 7.60. The lowest BCUT2D eigenvalue weighted by atomic mass is 10.2. The number of methoxy groups -OCH3 is 3. The zero-order valence-corrected chi connectivity index (χ0v) is 19.5. The Labute approximate surface area is 192 Å². The molecule has 0 aliphatic carbocycles. The predicted molar refractivity (Wildman–Crippen MR) is 121 cm³/mol. The molecule has 0 unspecified atom stereocenters. The molecule has 172 valence electrons. The smallest absolute Gasteiger partial charge is 0.330 e. The van der Waals surface area contributed by atoms with E-state index in [2.05, 4.69) is 9.72 Å². The van der Waals surface area contributed by atoms with Gasteiger partial charge in [-0.05, 0) is 35.9 Å². The van der Waals surface area contributed by atoms with Crippen LogP contribution in [0.2, 0.25) is 5.02 Å². The summed E-state index contributed by atoms with van der Waals surface area (Å²) in [5.74, 6) is 0.392. The van der Waals surface area contributed by atoms with Crippen molar-refractivity contribution in [1.29, 1.82) is 0 Å². The number of halogens is 1. The highest BCUT2D eigenvalue weighted by atomic mass is 35.5. The number of aromatic nitrogens is 1. The van der Waals surface area contributed by atoms with Crippen LogP contribution in [0.15, 0.2) is 41.4 Å². The van der Waals surface area contributed by atoms with Crippen molar-refractivity contribution >= 4 is 39.5 Å². The van der Waals surface area contributed by atoms with Gasteiger partial charge in [0.2, 0.25) is 10.0 Å². The SMILES string of the molecule is COC(=O)/C=C/c1cc(OC)c(OC)c(S(=O)(=O)N2CCN(c3ncccc3Cl)CC2)c1. The number of anilines is 1. The van der Waals surface area contributed by atoms with E-state index >= 15 is 0 Å². The second-order valence-corrected chi connectivity index (χ2v) is 9.12. The zero-order chi connectivity index (χ0) is 23.3. The van der Waals surface area contributed by atoms with Crippen LogP contribution in [0, 0.1) is 0 Å². The molecule has 0 saturated carbocycles. The van der Waals surface area contributed by atoms with Crippen molar-refractivity contribution in [2.75, 3.05) is 52.4 Å². The molecule has 1 aromatic heterocycles. The fourth-order valence-corrected chi connectivity index (χ4v) is 5.23. The van der Waals surface area contributed by atoms with E-state index in [1.807, 2.05) is 4.90 Å². The topological polar surface area (TPSA) is 98.3 Å². The Bertz CT molecular complexity index is 1110. The third-order valence-electron chi connectivity index (χ3n) is 4.98. The number of hydrogen-bond donors (Lipinski definition) is 0. The summed E-state index contributed by atoms with van der Waals surface area (Å²) in [5, 5.41) is 0.514. The minimum absolute atomic E-state index is 0.0480. The Hall–Kier alpha value is -2.82. The maximum atomic E-state index is 13.5. The zero-order valence-electron chi connectivity index (χ0n) is 17.9. The number of ether oxygens (including phenoxy) is 3. The van der Waals surface area contributed by atoms with Crippen LogP contribution in [0.1, 0.15) is 5.56 Å². The van der Waals surface area contributed by atoms with Crippen molar-refractivity contribution in [1.82, 2.24) is 9.29 Å². The molecule has 0 atom stereocenters. The Morgan fingerprint density at radius 1 is 1.12 bits per heavy atom. The van der Waals surface area contributed by atoms with Gasteiger partial charge in [-0.2, -0.15) is 4.31 Å². The van der Waals surface area contributed by atoms with Gasteiger partial charge in [0.05, 0.1) is 26.4 Å². The summed E-state index contributed by atoms with van der Waals surface area (Å²) in [5.41, 5.74) is 0.450. The van der Waals surface area contributed by atoms with E-state index in [4.69, 9.17) is 21.1 Å². The van der Waals surface area contributed by atoms with Gasteiger partial charge in [0.25, 0.3) is 0 Å². The van der Waals surface area contributed by atoms with Gasteiger partial charge < -0.3 is 19.1 Å². The van der Waals surface area contributed by atoms with E-state index in [0.717, 1.165) is 0 Å². The van der Waals surface area contributed by atoms with Gasteiger partial charge >= 0.3 is 5.97 Å². The summed E-state index contributed by atoms with van der Waals surface area (Å²) in [6.07, 6.45) is 4.30. The van der Waals surface area contributed by atoms with Gasteiger partial charge in [-0.1, -0.05) is 11.6 Å². The van der Waals surface area contributed by atoms with Crippen LogP contribution in [0.25, 0.3) is 6.08 Å². The lowest BCUT2D eigenvalue weighted by molar-refractivity contribution is -0.134. The molecule has 2 heterocycles. The van der Waals surface area contributed by atoms with Crippen LogP contribution >= 0.6 is 11.6 Å². The van der Waals surface area contributed by atoms with Crippen molar-refractivity contribution < 1.29 is 27.4 Å². The lowest BCUT2D eigenvalue weighted by Crippen LogP contribution is -2.49. The predicted octanol–water partition coefficient (Wildman–Crippen LogP) is 2.45. The van der Waals surface area contributed by atoms with Crippen molar-refractivity contribution in [2.45, 2.75) is 4.90 Å². The number of piperazine rings is 1. The van der Waals surface area contributed by atoms with Crippen LogP contribution in [0.3, 0.4) is 0 Å². The fourth-order valence-electron chi connectivity index (χ4n) is 3.36. The maximum Gasteiger partial charge on any atom is 0.330 e. The quantitative estimate of drug-likeness (QED) is 0.439. The number of esters is 1. The van der Waals surface area contributed by atoms with Crippen LogP contribution in [-0.2, 0) is 19.6 Å². The molecule has 0 bridgehead atoms. The molecule has 11 heteroatoms. The van der Waals surface area contributed by atoms with Gasteiger partial charge in [0, 0.05) is 38.5 Å². The van der Waals surface area contributed by atoms with E-state index in [0.29, 0.717) is 29.5 Å². The number of nitrogens with zero attached hydrogens (tertiary/aromatic N) is 3. The Balaban J connectivity index is 1.91. The van der Waals surface area contributed by atoms with E-state index in [1.165, 1.54) is 43.9 Å². The normalized spacial score (nSPS) is 15.1. The summed E-state index contributed by atoms with van der Waals surface area (Å²) >= 11 is 6.23. The molecular weight excluding hydrogens is 458 g/mol. The van der Waals surface area contributed by atoms with E-state index in [9.17, 15) is 13.2 Å². The molecule has 1 saturated heterocycles. The number of carbonyl (C=O) groups is 1. The molecule has 1 aromatic carbocycles. The summed E-state index contributed by atoms with van der Waals surface area (Å²) in [6, 6.07) is 6.52. The molecule has 0 amide bonds. The average molecular weight is 482 g/mol. The number of sulfonamides is 1. The van der Waals surface area contributed by atoms with Crippen LogP contribution in [0.5, 0.6) is 11.5 Å². The van der Waals surface area contributed by atoms with Crippen molar-refractivity contribution in [2.24, 2.45) is 0 Å². The fraction of sp³-hybridized carbons (Fsp3) is 0.333. The summed E-state index contributed by atoms with van der Waals surface area (Å²) in [6.45, 7) is 1.33. The van der Waals surface area contributed by atoms with Gasteiger partial charge in [-0.15, -0.1) is 0 Å². The number of benzene rings is 1. The number of pyridine rings is 1. The van der Waals surface area contributed by atoms with Crippen molar-refractivity contribution in [3.63, 3.8) is 0 Å². The first-order chi connectivity index (χ1) is 15.3. The summed E-state index contributed by atoms with van der Waals surface area (Å²) < 4.78 is 43.7. The molecule has 2 aromatic rings. The first-order valence-electron chi connectivity index (χ1n) is 9.69. The summed E-state index contributed by atoms with van der Waals surface area (Å²) in [4.78, 5) is 17.6. The first-order valence-corrected chi connectivity index (χ1v) is 11.5. The number of carbonyl (C=O) groups excluding carboxylic acids is 1. The van der Waals surface area contributed by atoms with Gasteiger partial charge in [0.1, 0.15) is 10.7 Å². The van der Waals surface area contributed by atoms with E-state index in [-0.39, 0.29) is 29.5 Å². The molecule has 0 N–H and O–H groups in total. The third kappa shape index (κ3) is 4.98. The average Bonchev–Trinajstić information content (AvgIpc) is 2.82. The molecule has 32 heavy (non-hydrogen) atoms. The molecule has 3 rings (SSSR count). The molecule has 1 fully saturated rings. The standard InChI is InChI=1S/C21H24ClN3O6S/c1-29-17-13-15(6-7-19(26)30-2)14-18(20(17)31-3)32(27,28)25-11-9-24(10-12-25)21-16(22)5-4-8-23-21/h4-8,13-14H,9-12H2,1-3H3/b7-6+. The highest BCUT2D eigenvalue weighted by molar-refractivity contribution is 7.89. The molecule has 1 aliphatic heterocycles. The van der Waals surface area contributed by atoms with E-state index in [1.54, 1.807) is 24.4 Å². The van der Waals surface area contributed by atoms with Crippen LogP contribution in [-0.4, -0.2) is 71.2 Å². The molecular formula is C21H24ClN3O6S. The van der Waals surface area contributed by atoms with Gasteiger partial charge in [-0.3, -0.25) is 0 Å². The molecule has 9 nitrogen and oxygen atoms in total. The highest BCUT2D eigenvalue weighted by Crippen LogP contribution is 2.38. The first kappa shape index (κ1) is 23.8. The second-order valence-electron chi connectivity index (χ2n) is 6.81. The third-order valence-corrected chi connectivity index (χ3v) is 7.17.